The summed E-state index contributed by atoms with van der Waals surface area (Å²) >= 11 is 3.10. The number of aromatic nitrogens is 4. The summed E-state index contributed by atoms with van der Waals surface area (Å²) in [5.74, 6) is 0.585. The maximum Gasteiger partial charge on any atom is 0.330 e. The molecule has 11 heteroatoms. The number of carbonyl (C=O) groups is 1. The lowest BCUT2D eigenvalue weighted by molar-refractivity contribution is -0.116. The van der Waals surface area contributed by atoms with Crippen molar-refractivity contribution in [2.24, 2.45) is 0 Å². The maximum absolute atomic E-state index is 13.5. The van der Waals surface area contributed by atoms with Crippen molar-refractivity contribution in [1.82, 2.24) is 19.5 Å². The lowest BCUT2D eigenvalue weighted by Gasteiger charge is -2.24. The fourth-order valence-corrected chi connectivity index (χ4v) is 6.78. The van der Waals surface area contributed by atoms with Crippen LogP contribution in [0.15, 0.2) is 14.6 Å². The minimum atomic E-state index is -0.634. The lowest BCUT2D eigenvalue weighted by atomic mass is 10.2. The van der Waals surface area contributed by atoms with Crippen LogP contribution in [0.3, 0.4) is 0 Å². The molecule has 0 aliphatic heterocycles. The Morgan fingerprint density at radius 2 is 1.97 bits per heavy atom. The molecule has 188 valence electrons. The summed E-state index contributed by atoms with van der Waals surface area (Å²) in [6.07, 6.45) is 6.37. The van der Waals surface area contributed by atoms with E-state index in [0.29, 0.717) is 25.3 Å². The molecule has 3 N–H and O–H groups in total. The van der Waals surface area contributed by atoms with E-state index in [1.807, 2.05) is 20.8 Å². The number of nitrogens with zero attached hydrogens (tertiary/aromatic N) is 4. The van der Waals surface area contributed by atoms with Crippen LogP contribution in [0.25, 0.3) is 10.2 Å². The smallest absolute Gasteiger partial charge is 0.330 e. The topological polar surface area (TPSA) is 127 Å². The van der Waals surface area contributed by atoms with Gasteiger partial charge >= 0.3 is 5.69 Å². The highest BCUT2D eigenvalue weighted by molar-refractivity contribution is 8.00. The molecular weight excluding hydrogens is 484 g/mol. The van der Waals surface area contributed by atoms with E-state index in [9.17, 15) is 14.4 Å². The van der Waals surface area contributed by atoms with Crippen LogP contribution in [-0.4, -0.2) is 37.7 Å². The number of rotatable bonds is 10. The van der Waals surface area contributed by atoms with Gasteiger partial charge in [-0.15, -0.1) is 11.3 Å². The molecule has 0 aromatic carbocycles. The van der Waals surface area contributed by atoms with Crippen LogP contribution >= 0.6 is 23.1 Å². The molecule has 3 aromatic rings. The molecule has 1 amide bonds. The Morgan fingerprint density at radius 1 is 1.20 bits per heavy atom. The number of H-pyrrole nitrogens is 1. The SMILES string of the molecule is CCCCN(C(=O)CSc1nc(C)nc2sc3c(c12)CCC3)c1c(N)n(CCCC)c(=O)[nH]c1=O. The Labute approximate surface area is 212 Å². The van der Waals surface area contributed by atoms with Crippen LogP contribution in [0.4, 0.5) is 11.5 Å². The number of amides is 1. The van der Waals surface area contributed by atoms with Gasteiger partial charge in [0.2, 0.25) is 5.91 Å². The second-order valence-corrected chi connectivity index (χ2v) is 10.8. The van der Waals surface area contributed by atoms with Gasteiger partial charge in [0.15, 0.2) is 5.69 Å². The van der Waals surface area contributed by atoms with E-state index in [-0.39, 0.29) is 23.2 Å². The Balaban J connectivity index is 1.66. The summed E-state index contributed by atoms with van der Waals surface area (Å²) in [5, 5.41) is 1.88. The first-order chi connectivity index (χ1) is 16.8. The monoisotopic (exact) mass is 516 g/mol. The van der Waals surface area contributed by atoms with Crippen LogP contribution in [0.2, 0.25) is 0 Å². The Hall–Kier alpha value is -2.66. The van der Waals surface area contributed by atoms with Gasteiger partial charge in [-0.2, -0.15) is 0 Å². The molecule has 0 unspecified atom stereocenters. The van der Waals surface area contributed by atoms with Crippen LogP contribution < -0.4 is 21.9 Å². The maximum atomic E-state index is 13.5. The number of fused-ring (bicyclic) bond motifs is 3. The number of aryl methyl sites for hydroxylation is 3. The highest BCUT2D eigenvalue weighted by Crippen LogP contribution is 2.40. The van der Waals surface area contributed by atoms with Gasteiger partial charge in [0.25, 0.3) is 5.56 Å². The number of unbranched alkanes of at least 4 members (excludes halogenated alkanes) is 2. The number of hydrogen-bond donors (Lipinski definition) is 2. The molecule has 9 nitrogen and oxygen atoms in total. The van der Waals surface area contributed by atoms with Crippen molar-refractivity contribution in [1.29, 1.82) is 0 Å². The summed E-state index contributed by atoms with van der Waals surface area (Å²) in [7, 11) is 0. The quantitative estimate of drug-likeness (QED) is 0.311. The van der Waals surface area contributed by atoms with Crippen LogP contribution in [-0.2, 0) is 24.2 Å². The Bertz CT molecular complexity index is 1360. The Kier molecular flexibility index (Phi) is 7.95. The molecule has 0 fully saturated rings. The van der Waals surface area contributed by atoms with Crippen LogP contribution in [0.1, 0.15) is 62.2 Å². The minimum Gasteiger partial charge on any atom is -0.383 e. The summed E-state index contributed by atoms with van der Waals surface area (Å²) in [5.41, 5.74) is 6.49. The van der Waals surface area contributed by atoms with E-state index in [1.54, 1.807) is 11.3 Å². The zero-order valence-corrected chi connectivity index (χ0v) is 22.1. The first kappa shape index (κ1) is 25.4. The molecule has 0 saturated heterocycles. The average Bonchev–Trinajstić information content (AvgIpc) is 3.40. The average molecular weight is 517 g/mol. The van der Waals surface area contributed by atoms with E-state index < -0.39 is 11.2 Å². The fraction of sp³-hybridized carbons (Fsp3) is 0.542. The van der Waals surface area contributed by atoms with Gasteiger partial charge in [0, 0.05) is 23.4 Å². The molecule has 0 bridgehead atoms. The first-order valence-electron chi connectivity index (χ1n) is 12.2. The van der Waals surface area contributed by atoms with Crippen molar-refractivity contribution in [2.75, 3.05) is 22.9 Å². The molecule has 1 aliphatic rings. The van der Waals surface area contributed by atoms with Gasteiger partial charge in [0.05, 0.1) is 5.75 Å². The molecular formula is C24H32N6O3S2. The largest absolute Gasteiger partial charge is 0.383 e. The van der Waals surface area contributed by atoms with Gasteiger partial charge in [0.1, 0.15) is 21.5 Å². The van der Waals surface area contributed by atoms with E-state index in [2.05, 4.69) is 15.0 Å². The highest BCUT2D eigenvalue weighted by Gasteiger charge is 2.26. The Morgan fingerprint density at radius 3 is 2.71 bits per heavy atom. The van der Waals surface area contributed by atoms with E-state index in [4.69, 9.17) is 5.73 Å². The zero-order chi connectivity index (χ0) is 25.1. The van der Waals surface area contributed by atoms with Crippen molar-refractivity contribution in [3.8, 4) is 0 Å². The fourth-order valence-electron chi connectivity index (χ4n) is 4.43. The van der Waals surface area contributed by atoms with Gasteiger partial charge in [-0.3, -0.25) is 19.1 Å². The third-order valence-corrected chi connectivity index (χ3v) is 8.38. The van der Waals surface area contributed by atoms with Crippen molar-refractivity contribution in [3.63, 3.8) is 0 Å². The molecule has 0 radical (unpaired) electrons. The second kappa shape index (κ2) is 10.9. The van der Waals surface area contributed by atoms with E-state index >= 15 is 0 Å². The van der Waals surface area contributed by atoms with Gasteiger partial charge < -0.3 is 10.6 Å². The number of hydrogen-bond acceptors (Lipinski definition) is 8. The van der Waals surface area contributed by atoms with E-state index in [1.165, 1.54) is 31.7 Å². The van der Waals surface area contributed by atoms with Crippen molar-refractivity contribution >= 4 is 50.7 Å². The number of nitrogens with two attached hydrogens (primary N) is 1. The predicted molar refractivity (Wildman–Crippen MR) is 143 cm³/mol. The summed E-state index contributed by atoms with van der Waals surface area (Å²) in [4.78, 5) is 54.1. The molecule has 3 heterocycles. The van der Waals surface area contributed by atoms with Crippen molar-refractivity contribution in [2.45, 2.75) is 77.3 Å². The lowest BCUT2D eigenvalue weighted by Crippen LogP contribution is -2.42. The van der Waals surface area contributed by atoms with Crippen LogP contribution in [0, 0.1) is 6.92 Å². The number of thioether (sulfide) groups is 1. The third-order valence-electron chi connectivity index (χ3n) is 6.23. The van der Waals surface area contributed by atoms with Gasteiger partial charge in [-0.05, 0) is 44.6 Å². The summed E-state index contributed by atoms with van der Waals surface area (Å²) in [6, 6.07) is 0. The number of nitrogen functional groups attached to an aromatic ring is 1. The highest BCUT2D eigenvalue weighted by atomic mass is 32.2. The van der Waals surface area contributed by atoms with Gasteiger partial charge in [-0.25, -0.2) is 14.8 Å². The first-order valence-corrected chi connectivity index (χ1v) is 14.0. The third kappa shape index (κ3) is 5.16. The van der Waals surface area contributed by atoms with Crippen molar-refractivity contribution in [3.05, 3.63) is 37.1 Å². The normalized spacial score (nSPS) is 12.9. The number of thiophene rings is 1. The molecule has 0 atom stereocenters. The van der Waals surface area contributed by atoms with E-state index in [0.717, 1.165) is 53.8 Å². The standard InChI is InChI=1S/C24H32N6O3S2/c1-4-6-11-29(19-20(25)30(12-7-5-2)24(33)28-21(19)32)17(31)13-34-22-18-15-9-8-10-16(15)35-23(18)27-14(3)26-22/h4-13,25H2,1-3H3,(H,28,32,33). The van der Waals surface area contributed by atoms with Gasteiger partial charge in [-0.1, -0.05) is 38.5 Å². The number of aromatic amines is 1. The summed E-state index contributed by atoms with van der Waals surface area (Å²) < 4.78 is 1.35. The zero-order valence-electron chi connectivity index (χ0n) is 20.5. The van der Waals surface area contributed by atoms with Crippen LogP contribution in [0.5, 0.6) is 0 Å². The number of carbonyl (C=O) groups excluding carboxylic acids is 1. The predicted octanol–water partition coefficient (Wildman–Crippen LogP) is 3.65. The second-order valence-electron chi connectivity index (χ2n) is 8.80. The van der Waals surface area contributed by atoms with Crippen molar-refractivity contribution < 1.29 is 4.79 Å². The minimum absolute atomic E-state index is 0.0394. The number of anilines is 2. The molecule has 0 spiro atoms. The number of nitrogens with one attached hydrogen (secondary N) is 1. The molecule has 0 saturated carbocycles. The molecule has 4 rings (SSSR count). The molecule has 1 aliphatic carbocycles. The molecule has 35 heavy (non-hydrogen) atoms. The molecule has 3 aromatic heterocycles. The summed E-state index contributed by atoms with van der Waals surface area (Å²) in [6.45, 7) is 6.63.